The second-order valence-electron chi connectivity index (χ2n) is 6.45. The van der Waals surface area contributed by atoms with Gasteiger partial charge < -0.3 is 25.8 Å². The molecule has 4 N–H and O–H groups in total. The Morgan fingerprint density at radius 3 is 2.79 bits per heavy atom. The molecule has 0 unspecified atom stereocenters. The van der Waals surface area contributed by atoms with Crippen molar-refractivity contribution >= 4 is 67.4 Å². The average Bonchev–Trinajstić information content (AvgIpc) is 2.82. The first-order chi connectivity index (χ1) is 15.8. The van der Waals surface area contributed by atoms with E-state index in [-0.39, 0.29) is 41.1 Å². The number of aliphatic hydroxyl groups excluding tert-OH is 1. The molecule has 0 aliphatic rings. The number of ether oxygens (including phenoxy) is 1. The molecule has 3 aromatic rings. The number of rotatable bonds is 9. The first-order valence-corrected chi connectivity index (χ1v) is 10.6. The van der Waals surface area contributed by atoms with Crippen LogP contribution in [0.4, 0.5) is 21.6 Å². The predicted molar refractivity (Wildman–Crippen MR) is 126 cm³/mol. The third kappa shape index (κ3) is 5.75. The standard InChI is InChI=1S/C21H18BrClFN5O4/c1-2-15(31)29-20-14(33-8-7-25-16(32)9-30)6-3-11-19(20)26-10-27-21(11)28-13-5-4-12(22)17(23)18(13)24/h2-6,10,30H,1,7-9H2,(H,25,32)(H,29,31)(H,26,27,28). The number of hydrogen-bond acceptors (Lipinski definition) is 7. The monoisotopic (exact) mass is 537 g/mol. The lowest BCUT2D eigenvalue weighted by Gasteiger charge is -2.16. The molecule has 0 fully saturated rings. The fourth-order valence-corrected chi connectivity index (χ4v) is 3.25. The van der Waals surface area contributed by atoms with Crippen LogP contribution in [0.25, 0.3) is 10.9 Å². The molecular formula is C21H18BrClFN5O4. The quantitative estimate of drug-likeness (QED) is 0.187. The van der Waals surface area contributed by atoms with E-state index in [1.54, 1.807) is 18.2 Å². The SMILES string of the molecule is C=CC(=O)Nc1c(OCCNC(=O)CO)ccc2c(Nc3ccc(Br)c(Cl)c3F)ncnc12. The Morgan fingerprint density at radius 2 is 2.06 bits per heavy atom. The lowest BCUT2D eigenvalue weighted by atomic mass is 10.1. The maximum absolute atomic E-state index is 14.6. The third-order valence-corrected chi connectivity index (χ3v) is 5.57. The molecule has 0 saturated heterocycles. The molecule has 0 atom stereocenters. The maximum Gasteiger partial charge on any atom is 0.247 e. The minimum Gasteiger partial charge on any atom is -0.489 e. The summed E-state index contributed by atoms with van der Waals surface area (Å²) >= 11 is 9.13. The molecule has 0 radical (unpaired) electrons. The molecule has 0 bridgehead atoms. The highest BCUT2D eigenvalue weighted by atomic mass is 79.9. The topological polar surface area (TPSA) is 125 Å². The summed E-state index contributed by atoms with van der Waals surface area (Å²) < 4.78 is 20.7. The first kappa shape index (κ1) is 24.4. The number of nitrogens with zero attached hydrogens (tertiary/aromatic N) is 2. The highest BCUT2D eigenvalue weighted by Gasteiger charge is 2.17. The van der Waals surface area contributed by atoms with Crippen molar-refractivity contribution in [3.8, 4) is 5.75 Å². The summed E-state index contributed by atoms with van der Waals surface area (Å²) in [6.07, 6.45) is 2.33. The van der Waals surface area contributed by atoms with Crippen LogP contribution in [0, 0.1) is 5.82 Å². The number of halogens is 3. The number of fused-ring (bicyclic) bond motifs is 1. The van der Waals surface area contributed by atoms with Gasteiger partial charge in [0.15, 0.2) is 5.82 Å². The van der Waals surface area contributed by atoms with Crippen LogP contribution >= 0.6 is 27.5 Å². The maximum atomic E-state index is 14.6. The number of benzene rings is 2. The number of carbonyl (C=O) groups excluding carboxylic acids is 2. The zero-order valence-electron chi connectivity index (χ0n) is 17.0. The Balaban J connectivity index is 1.97. The van der Waals surface area contributed by atoms with Crippen molar-refractivity contribution in [2.24, 2.45) is 0 Å². The van der Waals surface area contributed by atoms with Crippen LogP contribution in [0.2, 0.25) is 5.02 Å². The summed E-state index contributed by atoms with van der Waals surface area (Å²) in [6, 6.07) is 6.31. The van der Waals surface area contributed by atoms with E-state index >= 15 is 0 Å². The zero-order chi connectivity index (χ0) is 24.0. The fourth-order valence-electron chi connectivity index (χ4n) is 2.78. The van der Waals surface area contributed by atoms with E-state index in [0.29, 0.717) is 15.4 Å². The molecule has 0 saturated carbocycles. The van der Waals surface area contributed by atoms with Crippen molar-refractivity contribution in [1.82, 2.24) is 15.3 Å². The summed E-state index contributed by atoms with van der Waals surface area (Å²) in [6.45, 7) is 3.00. The van der Waals surface area contributed by atoms with E-state index in [2.05, 4.69) is 48.4 Å². The molecule has 2 aromatic carbocycles. The molecule has 1 heterocycles. The van der Waals surface area contributed by atoms with Crippen LogP contribution in [0.3, 0.4) is 0 Å². The lowest BCUT2D eigenvalue weighted by molar-refractivity contribution is -0.123. The molecule has 33 heavy (non-hydrogen) atoms. The fraction of sp³-hybridized carbons (Fsp3) is 0.143. The molecule has 0 spiro atoms. The average molecular weight is 539 g/mol. The minimum atomic E-state index is -0.664. The summed E-state index contributed by atoms with van der Waals surface area (Å²) in [7, 11) is 0. The van der Waals surface area contributed by atoms with E-state index in [9.17, 15) is 14.0 Å². The van der Waals surface area contributed by atoms with E-state index < -0.39 is 24.2 Å². The molecule has 3 rings (SSSR count). The van der Waals surface area contributed by atoms with Gasteiger partial charge in [-0.1, -0.05) is 18.2 Å². The van der Waals surface area contributed by atoms with Crippen molar-refractivity contribution in [2.75, 3.05) is 30.4 Å². The molecule has 12 heteroatoms. The minimum absolute atomic E-state index is 0.0625. The Labute approximate surface area is 201 Å². The highest BCUT2D eigenvalue weighted by molar-refractivity contribution is 9.10. The van der Waals surface area contributed by atoms with Gasteiger partial charge in [-0.25, -0.2) is 14.4 Å². The van der Waals surface area contributed by atoms with Gasteiger partial charge in [0.1, 0.15) is 42.3 Å². The number of aliphatic hydroxyl groups is 1. The van der Waals surface area contributed by atoms with E-state index in [1.165, 1.54) is 12.4 Å². The molecular weight excluding hydrogens is 521 g/mol. The number of carbonyl (C=O) groups is 2. The van der Waals surface area contributed by atoms with E-state index in [4.69, 9.17) is 21.4 Å². The van der Waals surface area contributed by atoms with Crippen molar-refractivity contribution in [3.05, 3.63) is 58.6 Å². The Bertz CT molecular complexity index is 1230. The number of hydrogen-bond donors (Lipinski definition) is 4. The van der Waals surface area contributed by atoms with Crippen LogP contribution in [0.15, 0.2) is 47.7 Å². The van der Waals surface area contributed by atoms with E-state index in [1.807, 2.05) is 0 Å². The summed E-state index contributed by atoms with van der Waals surface area (Å²) in [5, 5.41) is 17.1. The summed E-state index contributed by atoms with van der Waals surface area (Å²) in [5.74, 6) is -1.16. The molecule has 1 aromatic heterocycles. The number of aromatic nitrogens is 2. The van der Waals surface area contributed by atoms with Crippen LogP contribution in [0.5, 0.6) is 5.75 Å². The normalized spacial score (nSPS) is 10.5. The third-order valence-electron chi connectivity index (χ3n) is 4.32. The van der Waals surface area contributed by atoms with Crippen LogP contribution < -0.4 is 20.7 Å². The van der Waals surface area contributed by atoms with Gasteiger partial charge in [0.05, 0.1) is 17.3 Å². The predicted octanol–water partition coefficient (Wildman–Crippen LogP) is 3.54. The van der Waals surface area contributed by atoms with Gasteiger partial charge in [0.25, 0.3) is 0 Å². The second-order valence-corrected chi connectivity index (χ2v) is 7.69. The number of amides is 2. The first-order valence-electron chi connectivity index (χ1n) is 9.47. The van der Waals surface area contributed by atoms with Gasteiger partial charge in [0.2, 0.25) is 11.8 Å². The summed E-state index contributed by atoms with van der Waals surface area (Å²) in [4.78, 5) is 31.6. The van der Waals surface area contributed by atoms with Crippen molar-refractivity contribution in [2.45, 2.75) is 0 Å². The van der Waals surface area contributed by atoms with Crippen molar-refractivity contribution in [3.63, 3.8) is 0 Å². The second kappa shape index (κ2) is 11.0. The van der Waals surface area contributed by atoms with Crippen LogP contribution in [-0.2, 0) is 9.59 Å². The van der Waals surface area contributed by atoms with Gasteiger partial charge in [-0.15, -0.1) is 0 Å². The van der Waals surface area contributed by atoms with Gasteiger partial charge in [0, 0.05) is 9.86 Å². The molecule has 172 valence electrons. The Kier molecular flexibility index (Phi) is 8.15. The Morgan fingerprint density at radius 1 is 1.27 bits per heavy atom. The number of anilines is 3. The van der Waals surface area contributed by atoms with Gasteiger partial charge in [-0.3, -0.25) is 9.59 Å². The smallest absolute Gasteiger partial charge is 0.247 e. The molecule has 2 amide bonds. The van der Waals surface area contributed by atoms with Crippen molar-refractivity contribution in [1.29, 1.82) is 0 Å². The Hall–Kier alpha value is -3.28. The highest BCUT2D eigenvalue weighted by Crippen LogP contribution is 2.37. The van der Waals surface area contributed by atoms with Crippen LogP contribution in [-0.4, -0.2) is 46.6 Å². The van der Waals surface area contributed by atoms with Crippen molar-refractivity contribution < 1.29 is 23.8 Å². The molecule has 0 aliphatic carbocycles. The van der Waals surface area contributed by atoms with Gasteiger partial charge in [-0.2, -0.15) is 0 Å². The van der Waals surface area contributed by atoms with Crippen LogP contribution in [0.1, 0.15) is 0 Å². The summed E-state index contributed by atoms with van der Waals surface area (Å²) in [5.41, 5.74) is 0.661. The largest absolute Gasteiger partial charge is 0.489 e. The van der Waals surface area contributed by atoms with Gasteiger partial charge in [-0.05, 0) is 46.3 Å². The van der Waals surface area contributed by atoms with Gasteiger partial charge >= 0.3 is 0 Å². The molecule has 9 nitrogen and oxygen atoms in total. The zero-order valence-corrected chi connectivity index (χ0v) is 19.3. The lowest BCUT2D eigenvalue weighted by Crippen LogP contribution is -2.30. The molecule has 0 aliphatic heterocycles. The van der Waals surface area contributed by atoms with E-state index in [0.717, 1.165) is 6.08 Å². The number of nitrogens with one attached hydrogen (secondary N) is 3.